The van der Waals surface area contributed by atoms with E-state index in [1.165, 1.54) is 0 Å². The second kappa shape index (κ2) is 6.17. The average Bonchev–Trinajstić information content (AvgIpc) is 2.65. The van der Waals surface area contributed by atoms with E-state index in [1.54, 1.807) is 0 Å². The molecular formula is C9H17N3O6S. The molecule has 0 saturated carbocycles. The van der Waals surface area contributed by atoms with Crippen LogP contribution in [-0.2, 0) is 14.8 Å². The number of hydrogen-bond acceptors (Lipinski definition) is 5. The van der Waals surface area contributed by atoms with Crippen LogP contribution in [0.4, 0.5) is 4.79 Å². The minimum Gasteiger partial charge on any atom is -0.480 e. The quantitative estimate of drug-likeness (QED) is 0.426. The van der Waals surface area contributed by atoms with E-state index < -0.39 is 34.2 Å². The van der Waals surface area contributed by atoms with Gasteiger partial charge in [-0.1, -0.05) is 0 Å². The molecule has 0 bridgehead atoms. The number of aliphatic hydroxyl groups excluding tert-OH is 1. The number of sulfonamides is 1. The minimum atomic E-state index is -3.57. The number of primary sulfonamides is 1. The summed E-state index contributed by atoms with van der Waals surface area (Å²) >= 11 is 0. The molecule has 5 N–H and O–H groups in total. The number of carboxylic acids is 1. The Morgan fingerprint density at radius 2 is 2.05 bits per heavy atom. The third-order valence-corrected chi connectivity index (χ3v) is 3.56. The first-order valence-electron chi connectivity index (χ1n) is 5.66. The highest BCUT2D eigenvalue weighted by molar-refractivity contribution is 7.89. The predicted octanol–water partition coefficient (Wildman–Crippen LogP) is -2.11. The van der Waals surface area contributed by atoms with Crippen molar-refractivity contribution in [3.63, 3.8) is 0 Å². The fourth-order valence-electron chi connectivity index (χ4n) is 1.84. The summed E-state index contributed by atoms with van der Waals surface area (Å²) in [5.74, 6) is -1.45. The van der Waals surface area contributed by atoms with Crippen molar-refractivity contribution in [3.05, 3.63) is 0 Å². The van der Waals surface area contributed by atoms with Gasteiger partial charge in [0.05, 0.1) is 11.9 Å². The minimum absolute atomic E-state index is 0.0140. The zero-order valence-electron chi connectivity index (χ0n) is 10.2. The second-order valence-electron chi connectivity index (χ2n) is 4.35. The smallest absolute Gasteiger partial charge is 0.326 e. The number of carbonyl (C=O) groups excluding carboxylic acids is 1. The summed E-state index contributed by atoms with van der Waals surface area (Å²) in [5.41, 5.74) is 0. The molecule has 19 heavy (non-hydrogen) atoms. The number of rotatable bonds is 5. The van der Waals surface area contributed by atoms with Crippen LogP contribution in [0.3, 0.4) is 0 Å². The number of nitrogens with one attached hydrogen (secondary N) is 1. The van der Waals surface area contributed by atoms with Crippen LogP contribution in [0, 0.1) is 0 Å². The van der Waals surface area contributed by atoms with Crippen molar-refractivity contribution in [2.24, 2.45) is 5.14 Å². The lowest BCUT2D eigenvalue weighted by atomic mass is 10.2. The van der Waals surface area contributed by atoms with Gasteiger partial charge in [-0.3, -0.25) is 0 Å². The third-order valence-electron chi connectivity index (χ3n) is 2.71. The van der Waals surface area contributed by atoms with Gasteiger partial charge in [-0.2, -0.15) is 0 Å². The first-order chi connectivity index (χ1) is 8.70. The van der Waals surface area contributed by atoms with Crippen molar-refractivity contribution in [2.75, 3.05) is 18.8 Å². The molecule has 1 aliphatic heterocycles. The maximum atomic E-state index is 11.7. The highest BCUT2D eigenvalue weighted by atomic mass is 32.2. The summed E-state index contributed by atoms with van der Waals surface area (Å²) < 4.78 is 21.3. The number of nitrogens with zero attached hydrogens (tertiary/aromatic N) is 1. The van der Waals surface area contributed by atoms with Gasteiger partial charge in [-0.05, 0) is 6.42 Å². The van der Waals surface area contributed by atoms with Gasteiger partial charge in [0.1, 0.15) is 6.04 Å². The van der Waals surface area contributed by atoms with Crippen LogP contribution in [0.2, 0.25) is 0 Å². The fourth-order valence-corrected chi connectivity index (χ4v) is 2.39. The van der Waals surface area contributed by atoms with Gasteiger partial charge in [0.2, 0.25) is 10.0 Å². The van der Waals surface area contributed by atoms with E-state index in [0.717, 1.165) is 4.90 Å². The molecule has 10 heteroatoms. The van der Waals surface area contributed by atoms with Crippen LogP contribution in [-0.4, -0.2) is 66.5 Å². The Labute approximate surface area is 110 Å². The van der Waals surface area contributed by atoms with Crippen molar-refractivity contribution >= 4 is 22.0 Å². The monoisotopic (exact) mass is 295 g/mol. The molecule has 9 nitrogen and oxygen atoms in total. The van der Waals surface area contributed by atoms with E-state index in [2.05, 4.69) is 5.32 Å². The van der Waals surface area contributed by atoms with Crippen LogP contribution < -0.4 is 10.5 Å². The number of carboxylic acid groups (broad SMARTS) is 1. The summed E-state index contributed by atoms with van der Waals surface area (Å²) in [7, 11) is -3.57. The zero-order valence-corrected chi connectivity index (χ0v) is 11.0. The lowest BCUT2D eigenvalue weighted by molar-refractivity contribution is -0.141. The summed E-state index contributed by atoms with van der Waals surface area (Å²) in [6.45, 7) is 0.00614. The van der Waals surface area contributed by atoms with Crippen molar-refractivity contribution < 1.29 is 28.2 Å². The third kappa shape index (κ3) is 5.01. The fraction of sp³-hybridized carbons (Fsp3) is 0.778. The molecule has 1 saturated heterocycles. The van der Waals surface area contributed by atoms with Crippen LogP contribution >= 0.6 is 0 Å². The molecule has 0 aliphatic carbocycles. The Bertz CT molecular complexity index is 451. The SMILES string of the molecule is NS(=O)(=O)CCCNC(=O)N1C[C@H](O)C[C@@H]1C(=O)O. The number of β-amino-alcohol motifs (C(OH)–C–C–N with tert-alkyl or cyclic N) is 1. The first-order valence-corrected chi connectivity index (χ1v) is 7.38. The lowest BCUT2D eigenvalue weighted by Gasteiger charge is -2.21. The maximum absolute atomic E-state index is 11.7. The molecule has 0 unspecified atom stereocenters. The summed E-state index contributed by atoms with van der Waals surface area (Å²) in [4.78, 5) is 23.6. The molecule has 0 aromatic rings. The van der Waals surface area contributed by atoms with Gasteiger partial charge in [0.25, 0.3) is 0 Å². The summed E-state index contributed by atoms with van der Waals surface area (Å²) in [6.07, 6.45) is -0.741. The number of urea groups is 1. The number of hydrogen-bond donors (Lipinski definition) is 4. The van der Waals surface area contributed by atoms with Gasteiger partial charge in [0, 0.05) is 19.5 Å². The van der Waals surface area contributed by atoms with Crippen molar-refractivity contribution in [1.82, 2.24) is 10.2 Å². The Morgan fingerprint density at radius 3 is 2.58 bits per heavy atom. The number of nitrogens with two attached hydrogens (primary N) is 1. The molecule has 1 heterocycles. The Balaban J connectivity index is 2.42. The average molecular weight is 295 g/mol. The molecule has 0 aromatic heterocycles. The number of carbonyl (C=O) groups is 2. The first kappa shape index (κ1) is 15.7. The summed E-state index contributed by atoms with van der Waals surface area (Å²) in [6, 6.07) is -1.70. The predicted molar refractivity (Wildman–Crippen MR) is 64.7 cm³/mol. The van der Waals surface area contributed by atoms with Gasteiger partial charge in [-0.15, -0.1) is 0 Å². The Morgan fingerprint density at radius 1 is 1.42 bits per heavy atom. The molecule has 1 fully saturated rings. The Kier molecular flexibility index (Phi) is 5.09. The lowest BCUT2D eigenvalue weighted by Crippen LogP contribution is -2.46. The number of aliphatic hydroxyl groups is 1. The summed E-state index contributed by atoms with van der Waals surface area (Å²) in [5, 5.41) is 25.5. The molecular weight excluding hydrogens is 278 g/mol. The molecule has 1 rings (SSSR count). The number of aliphatic carboxylic acids is 1. The number of amides is 2. The zero-order chi connectivity index (χ0) is 14.6. The highest BCUT2D eigenvalue weighted by Crippen LogP contribution is 2.17. The van der Waals surface area contributed by atoms with Crippen molar-refractivity contribution in [1.29, 1.82) is 0 Å². The standard InChI is InChI=1S/C9H17N3O6S/c10-19(17,18)3-1-2-11-9(16)12-5-6(13)4-7(12)8(14)15/h6-7,13H,1-5H2,(H,11,16)(H,14,15)(H2,10,17,18)/t6-,7-/m1/s1. The van der Waals surface area contributed by atoms with E-state index in [-0.39, 0.29) is 31.7 Å². The number of likely N-dealkylation sites (tertiary alicyclic amines) is 1. The Hall–Kier alpha value is -1.39. The van der Waals surface area contributed by atoms with Crippen LogP contribution in [0.25, 0.3) is 0 Å². The van der Waals surface area contributed by atoms with E-state index >= 15 is 0 Å². The van der Waals surface area contributed by atoms with Gasteiger partial charge >= 0.3 is 12.0 Å². The largest absolute Gasteiger partial charge is 0.480 e. The van der Waals surface area contributed by atoms with Gasteiger partial charge in [-0.25, -0.2) is 23.1 Å². The van der Waals surface area contributed by atoms with Gasteiger partial charge in [0.15, 0.2) is 0 Å². The maximum Gasteiger partial charge on any atom is 0.326 e. The molecule has 0 aromatic carbocycles. The molecule has 0 spiro atoms. The van der Waals surface area contributed by atoms with E-state index in [4.69, 9.17) is 10.2 Å². The van der Waals surface area contributed by atoms with E-state index in [9.17, 15) is 23.1 Å². The van der Waals surface area contributed by atoms with Crippen LogP contribution in [0.1, 0.15) is 12.8 Å². The van der Waals surface area contributed by atoms with Crippen molar-refractivity contribution in [2.45, 2.75) is 25.0 Å². The van der Waals surface area contributed by atoms with Crippen LogP contribution in [0.15, 0.2) is 0 Å². The molecule has 2 amide bonds. The van der Waals surface area contributed by atoms with Crippen LogP contribution in [0.5, 0.6) is 0 Å². The normalized spacial score (nSPS) is 23.4. The second-order valence-corrected chi connectivity index (χ2v) is 6.08. The molecule has 110 valence electrons. The topological polar surface area (TPSA) is 150 Å². The van der Waals surface area contributed by atoms with E-state index in [1.807, 2.05) is 0 Å². The molecule has 2 atom stereocenters. The van der Waals surface area contributed by atoms with Gasteiger partial charge < -0.3 is 20.4 Å². The van der Waals surface area contributed by atoms with E-state index in [0.29, 0.717) is 0 Å². The highest BCUT2D eigenvalue weighted by Gasteiger charge is 2.38. The molecule has 1 aliphatic rings. The molecule has 0 radical (unpaired) electrons. The van der Waals surface area contributed by atoms with Crippen molar-refractivity contribution in [3.8, 4) is 0 Å².